The van der Waals surface area contributed by atoms with Crippen LogP contribution in [0, 0.1) is 10.1 Å². The fraction of sp³-hybridized carbons (Fsp3) is 0.222. The predicted molar refractivity (Wildman–Crippen MR) is 95.8 cm³/mol. The van der Waals surface area contributed by atoms with Crippen molar-refractivity contribution >= 4 is 23.2 Å². The summed E-state index contributed by atoms with van der Waals surface area (Å²) in [5, 5.41) is 14.0. The summed E-state index contributed by atoms with van der Waals surface area (Å²) in [6, 6.07) is 13.2. The Bertz CT molecular complexity index is 883. The molecule has 8 heteroatoms. The maximum Gasteiger partial charge on any atom is 0.276 e. The van der Waals surface area contributed by atoms with Crippen LogP contribution in [0.4, 0.5) is 11.4 Å². The Labute approximate surface area is 150 Å². The van der Waals surface area contributed by atoms with Gasteiger partial charge < -0.3 is 15.1 Å². The average molecular weight is 354 g/mol. The van der Waals surface area contributed by atoms with Gasteiger partial charge in [-0.05, 0) is 18.2 Å². The van der Waals surface area contributed by atoms with Gasteiger partial charge >= 0.3 is 0 Å². The monoisotopic (exact) mass is 354 g/mol. The van der Waals surface area contributed by atoms with Crippen LogP contribution in [-0.2, 0) is 4.79 Å². The molecule has 1 heterocycles. The summed E-state index contributed by atoms with van der Waals surface area (Å²) in [6.45, 7) is -0.0398. The van der Waals surface area contributed by atoms with Crippen molar-refractivity contribution in [2.75, 3.05) is 25.5 Å². The van der Waals surface area contributed by atoms with Gasteiger partial charge in [0.15, 0.2) is 0 Å². The average Bonchev–Trinajstić information content (AvgIpc) is 2.66. The number of benzene rings is 2. The molecule has 2 amide bonds. The molecule has 26 heavy (non-hydrogen) atoms. The lowest BCUT2D eigenvalue weighted by Crippen LogP contribution is -2.50. The van der Waals surface area contributed by atoms with Crippen LogP contribution in [0.15, 0.2) is 48.5 Å². The SMILES string of the molecule is CNC(=O)CN1c2ccccc2C(=O)N(C)[C@@H]1c1ccccc1[N+](=O)[O-]. The summed E-state index contributed by atoms with van der Waals surface area (Å²) in [5.74, 6) is -0.511. The Morgan fingerprint density at radius 3 is 2.54 bits per heavy atom. The van der Waals surface area contributed by atoms with Gasteiger partial charge in [-0.1, -0.05) is 24.3 Å². The number of nitrogens with zero attached hydrogens (tertiary/aromatic N) is 3. The van der Waals surface area contributed by atoms with Crippen LogP contribution < -0.4 is 10.2 Å². The molecule has 0 spiro atoms. The molecule has 1 N–H and O–H groups in total. The molecule has 1 atom stereocenters. The Kier molecular flexibility index (Phi) is 4.57. The first-order valence-corrected chi connectivity index (χ1v) is 8.02. The highest BCUT2D eigenvalue weighted by atomic mass is 16.6. The minimum atomic E-state index is -0.767. The van der Waals surface area contributed by atoms with Gasteiger partial charge in [0, 0.05) is 20.2 Å². The number of fused-ring (bicyclic) bond motifs is 1. The Morgan fingerprint density at radius 2 is 1.85 bits per heavy atom. The molecule has 134 valence electrons. The third-order valence-corrected chi connectivity index (χ3v) is 4.43. The van der Waals surface area contributed by atoms with Gasteiger partial charge in [0.1, 0.15) is 6.17 Å². The molecular weight excluding hydrogens is 336 g/mol. The summed E-state index contributed by atoms with van der Waals surface area (Å²) in [4.78, 5) is 39.0. The molecule has 0 unspecified atom stereocenters. The molecule has 2 aromatic rings. The molecule has 0 saturated heterocycles. The van der Waals surface area contributed by atoms with Crippen LogP contribution in [0.2, 0.25) is 0 Å². The van der Waals surface area contributed by atoms with Crippen LogP contribution in [0.5, 0.6) is 0 Å². The summed E-state index contributed by atoms with van der Waals surface area (Å²) < 4.78 is 0. The van der Waals surface area contributed by atoms with Gasteiger partial charge in [-0.3, -0.25) is 19.7 Å². The van der Waals surface area contributed by atoms with Crippen LogP contribution in [0.25, 0.3) is 0 Å². The summed E-state index contributed by atoms with van der Waals surface area (Å²) in [7, 11) is 3.10. The van der Waals surface area contributed by atoms with E-state index in [-0.39, 0.29) is 24.0 Å². The first-order chi connectivity index (χ1) is 12.5. The molecule has 0 saturated carbocycles. The van der Waals surface area contributed by atoms with E-state index in [0.717, 1.165) is 0 Å². The van der Waals surface area contributed by atoms with Crippen LogP contribution in [0.1, 0.15) is 22.1 Å². The quantitative estimate of drug-likeness (QED) is 0.669. The minimum absolute atomic E-state index is 0.0398. The number of nitro benzene ring substituents is 1. The molecule has 1 aliphatic heterocycles. The van der Waals surface area contributed by atoms with Gasteiger partial charge in [-0.25, -0.2) is 0 Å². The third-order valence-electron chi connectivity index (χ3n) is 4.43. The smallest absolute Gasteiger partial charge is 0.276 e. The van der Waals surface area contributed by atoms with E-state index in [2.05, 4.69) is 5.32 Å². The summed E-state index contributed by atoms with van der Waals surface area (Å²) in [6.07, 6.45) is -0.767. The molecule has 2 aromatic carbocycles. The zero-order chi connectivity index (χ0) is 18.8. The lowest BCUT2D eigenvalue weighted by Gasteiger charge is -2.43. The van der Waals surface area contributed by atoms with Crippen molar-refractivity contribution in [1.82, 2.24) is 10.2 Å². The van der Waals surface area contributed by atoms with Crippen LogP contribution in [-0.4, -0.2) is 42.3 Å². The minimum Gasteiger partial charge on any atom is -0.358 e. The maximum absolute atomic E-state index is 12.8. The van der Waals surface area contributed by atoms with Crippen molar-refractivity contribution in [1.29, 1.82) is 0 Å². The zero-order valence-corrected chi connectivity index (χ0v) is 14.4. The first kappa shape index (κ1) is 17.4. The van der Waals surface area contributed by atoms with Crippen molar-refractivity contribution < 1.29 is 14.5 Å². The Hall–Kier alpha value is -3.42. The summed E-state index contributed by atoms with van der Waals surface area (Å²) in [5.41, 5.74) is 1.28. The van der Waals surface area contributed by atoms with Gasteiger partial charge in [0.05, 0.1) is 28.3 Å². The van der Waals surface area contributed by atoms with Crippen molar-refractivity contribution in [3.63, 3.8) is 0 Å². The molecule has 0 aliphatic carbocycles. The second-order valence-corrected chi connectivity index (χ2v) is 5.92. The molecule has 8 nitrogen and oxygen atoms in total. The highest BCUT2D eigenvalue weighted by molar-refractivity contribution is 6.02. The molecule has 0 bridgehead atoms. The number of likely N-dealkylation sites (N-methyl/N-ethyl adjacent to an activating group) is 1. The van der Waals surface area contributed by atoms with Gasteiger partial charge in [0.2, 0.25) is 5.91 Å². The van der Waals surface area contributed by atoms with Crippen LogP contribution in [0.3, 0.4) is 0 Å². The first-order valence-electron chi connectivity index (χ1n) is 8.02. The van der Waals surface area contributed by atoms with Crippen molar-refractivity contribution in [3.05, 3.63) is 69.8 Å². The lowest BCUT2D eigenvalue weighted by molar-refractivity contribution is -0.385. The van der Waals surface area contributed by atoms with Gasteiger partial charge in [-0.2, -0.15) is 0 Å². The van der Waals surface area contributed by atoms with E-state index in [9.17, 15) is 19.7 Å². The molecular formula is C18H18N4O4. The molecule has 0 aromatic heterocycles. The number of nitrogens with one attached hydrogen (secondary N) is 1. The highest BCUT2D eigenvalue weighted by Gasteiger charge is 2.39. The number of nitro groups is 1. The summed E-state index contributed by atoms with van der Waals surface area (Å²) >= 11 is 0. The molecule has 1 aliphatic rings. The standard InChI is InChI=1S/C18H18N4O4/c1-19-16(23)11-21-14-9-5-4-8-13(14)18(24)20(2)17(21)12-7-3-6-10-15(12)22(25)26/h3-10,17H,11H2,1-2H3,(H,19,23)/t17-/m0/s1. The normalized spacial score (nSPS) is 16.2. The second-order valence-electron chi connectivity index (χ2n) is 5.92. The Morgan fingerprint density at radius 1 is 1.19 bits per heavy atom. The van der Waals surface area contributed by atoms with Crippen molar-refractivity contribution in [2.45, 2.75) is 6.17 Å². The third kappa shape index (κ3) is 2.85. The van der Waals surface area contributed by atoms with Crippen molar-refractivity contribution in [3.8, 4) is 0 Å². The fourth-order valence-electron chi connectivity index (χ4n) is 3.20. The number of amides is 2. The largest absolute Gasteiger partial charge is 0.358 e. The Balaban J connectivity index is 2.20. The number of carbonyl (C=O) groups is 2. The molecule has 0 fully saturated rings. The number of hydrogen-bond acceptors (Lipinski definition) is 5. The predicted octanol–water partition coefficient (Wildman–Crippen LogP) is 1.93. The fourth-order valence-corrected chi connectivity index (χ4v) is 3.20. The topological polar surface area (TPSA) is 95.8 Å². The van der Waals surface area contributed by atoms with E-state index in [1.54, 1.807) is 54.4 Å². The van der Waals surface area contributed by atoms with E-state index in [1.807, 2.05) is 0 Å². The lowest BCUT2D eigenvalue weighted by atomic mass is 10.0. The van der Waals surface area contributed by atoms with Gasteiger partial charge in [-0.15, -0.1) is 0 Å². The number of rotatable bonds is 4. The zero-order valence-electron chi connectivity index (χ0n) is 14.4. The number of hydrogen-bond donors (Lipinski definition) is 1. The van der Waals surface area contributed by atoms with E-state index < -0.39 is 11.1 Å². The van der Waals surface area contributed by atoms with E-state index in [0.29, 0.717) is 16.8 Å². The van der Waals surface area contributed by atoms with E-state index in [4.69, 9.17) is 0 Å². The second kappa shape index (κ2) is 6.83. The highest BCUT2D eigenvalue weighted by Crippen LogP contribution is 2.40. The van der Waals surface area contributed by atoms with E-state index >= 15 is 0 Å². The van der Waals surface area contributed by atoms with Gasteiger partial charge in [0.25, 0.3) is 11.6 Å². The number of para-hydroxylation sites is 2. The number of anilines is 1. The maximum atomic E-state index is 12.8. The number of carbonyl (C=O) groups excluding carboxylic acids is 2. The van der Waals surface area contributed by atoms with Crippen molar-refractivity contribution in [2.24, 2.45) is 0 Å². The van der Waals surface area contributed by atoms with E-state index in [1.165, 1.54) is 18.0 Å². The van der Waals surface area contributed by atoms with Crippen LogP contribution >= 0.6 is 0 Å². The molecule has 0 radical (unpaired) electrons. The molecule has 3 rings (SSSR count).